The van der Waals surface area contributed by atoms with E-state index in [2.05, 4.69) is 301 Å². The zero-order valence-electron chi connectivity index (χ0n) is 38.6. The van der Waals surface area contributed by atoms with Crippen LogP contribution in [0.2, 0.25) is 0 Å². The van der Waals surface area contributed by atoms with Crippen molar-refractivity contribution in [2.75, 3.05) is 9.80 Å². The molecule has 2 heteroatoms. The van der Waals surface area contributed by atoms with Crippen LogP contribution in [0.4, 0.5) is 34.1 Å². The van der Waals surface area contributed by atoms with Crippen LogP contribution in [0, 0.1) is 0 Å². The highest BCUT2D eigenvalue weighted by Crippen LogP contribution is 2.47. The van der Waals surface area contributed by atoms with Gasteiger partial charge in [0.1, 0.15) is 0 Å². The Bertz CT molecular complexity index is 3640. The molecule has 12 aromatic carbocycles. The first kappa shape index (κ1) is 42.1. The van der Waals surface area contributed by atoms with Crippen molar-refractivity contribution in [3.8, 4) is 55.6 Å². The molecule has 0 fully saturated rings. The Hall–Kier alpha value is -9.24. The zero-order valence-corrected chi connectivity index (χ0v) is 38.6. The summed E-state index contributed by atoms with van der Waals surface area (Å²) < 4.78 is 0. The van der Waals surface area contributed by atoms with E-state index in [0.29, 0.717) is 0 Å². The van der Waals surface area contributed by atoms with Crippen LogP contribution in [-0.4, -0.2) is 0 Å². The fraction of sp³-hybridized carbons (Fsp3) is 0. The molecule has 12 aromatic rings. The topological polar surface area (TPSA) is 6.48 Å². The average Bonchev–Trinajstić information content (AvgIpc) is 3.44. The molecule has 0 saturated carbocycles. The molecule has 0 heterocycles. The first-order valence-electron chi connectivity index (χ1n) is 24.0. The van der Waals surface area contributed by atoms with Crippen molar-refractivity contribution in [3.05, 3.63) is 291 Å². The second kappa shape index (κ2) is 18.8. The number of anilines is 6. The Kier molecular flexibility index (Phi) is 11.3. The largest absolute Gasteiger partial charge is 0.310 e. The van der Waals surface area contributed by atoms with Gasteiger partial charge in [-0.25, -0.2) is 0 Å². The quantitative estimate of drug-likeness (QED) is 0.119. The van der Waals surface area contributed by atoms with Crippen molar-refractivity contribution in [2.45, 2.75) is 0 Å². The fourth-order valence-corrected chi connectivity index (χ4v) is 10.0. The number of rotatable bonds is 11. The molecule has 0 N–H and O–H groups in total. The summed E-state index contributed by atoms with van der Waals surface area (Å²) in [7, 11) is 0. The van der Waals surface area contributed by atoms with Crippen molar-refractivity contribution < 1.29 is 0 Å². The summed E-state index contributed by atoms with van der Waals surface area (Å²) >= 11 is 0. The van der Waals surface area contributed by atoms with E-state index in [4.69, 9.17) is 0 Å². The Morgan fingerprint density at radius 1 is 0.186 bits per heavy atom. The number of para-hydroxylation sites is 1. The summed E-state index contributed by atoms with van der Waals surface area (Å²) in [5, 5.41) is 4.89. The van der Waals surface area contributed by atoms with E-state index in [1.807, 2.05) is 0 Å². The van der Waals surface area contributed by atoms with Gasteiger partial charge in [0, 0.05) is 34.0 Å². The van der Waals surface area contributed by atoms with Gasteiger partial charge in [0.25, 0.3) is 0 Å². The maximum atomic E-state index is 2.45. The fourth-order valence-electron chi connectivity index (χ4n) is 10.0. The van der Waals surface area contributed by atoms with Crippen molar-refractivity contribution in [1.29, 1.82) is 0 Å². The molecule has 0 saturated heterocycles. The summed E-state index contributed by atoms with van der Waals surface area (Å²) in [6, 6.07) is 106. The van der Waals surface area contributed by atoms with Gasteiger partial charge in [-0.05, 0) is 138 Å². The minimum Gasteiger partial charge on any atom is -0.310 e. The van der Waals surface area contributed by atoms with Gasteiger partial charge in [-0.15, -0.1) is 0 Å². The van der Waals surface area contributed by atoms with E-state index < -0.39 is 0 Å². The van der Waals surface area contributed by atoms with Gasteiger partial charge >= 0.3 is 0 Å². The van der Waals surface area contributed by atoms with Crippen LogP contribution in [0.25, 0.3) is 77.2 Å². The van der Waals surface area contributed by atoms with E-state index in [1.165, 1.54) is 60.5 Å². The third kappa shape index (κ3) is 8.29. The van der Waals surface area contributed by atoms with Crippen molar-refractivity contribution >= 4 is 55.7 Å². The highest BCUT2D eigenvalue weighted by Gasteiger charge is 2.23. The van der Waals surface area contributed by atoms with Crippen LogP contribution < -0.4 is 9.80 Å². The zero-order chi connectivity index (χ0) is 46.6. The van der Waals surface area contributed by atoms with Crippen LogP contribution >= 0.6 is 0 Å². The molecule has 12 rings (SSSR count). The maximum Gasteiger partial charge on any atom is 0.0540 e. The third-order valence-electron chi connectivity index (χ3n) is 13.4. The molecule has 0 aliphatic carbocycles. The average molecular weight is 893 g/mol. The van der Waals surface area contributed by atoms with Crippen LogP contribution in [0.15, 0.2) is 291 Å². The monoisotopic (exact) mass is 892 g/mol. The summed E-state index contributed by atoms with van der Waals surface area (Å²) in [6.45, 7) is 0. The van der Waals surface area contributed by atoms with Crippen LogP contribution in [0.1, 0.15) is 0 Å². The highest BCUT2D eigenvalue weighted by atomic mass is 15.2. The Morgan fingerprint density at radius 2 is 0.557 bits per heavy atom. The van der Waals surface area contributed by atoms with Crippen LogP contribution in [0.3, 0.4) is 0 Å². The standard InChI is InChI=1S/C68H48N2/c1-5-19-49(20-6-1)52-33-39-58(40-34-52)69(59-41-35-53(36-42-59)50-21-7-2-8-22-50)61-45-57(67-47-56-27-13-14-28-63(56)65-30-15-16-31-66(65)67)46-62(48-61)70(60-43-37-54(38-44-60)51-23-9-3-10-24-51)68-32-18-17-29-64(68)55-25-11-4-12-26-55/h1-48H. The van der Waals surface area contributed by atoms with Crippen molar-refractivity contribution in [1.82, 2.24) is 0 Å². The molecule has 0 atom stereocenters. The third-order valence-corrected chi connectivity index (χ3v) is 13.4. The second-order valence-electron chi connectivity index (χ2n) is 17.7. The number of benzene rings is 12. The molecule has 0 bridgehead atoms. The Labute approximate surface area is 410 Å². The first-order valence-corrected chi connectivity index (χ1v) is 24.0. The Balaban J connectivity index is 1.13. The predicted octanol–water partition coefficient (Wildman–Crippen LogP) is 19.3. The molecular formula is C68H48N2. The molecule has 0 unspecified atom stereocenters. The summed E-state index contributed by atoms with van der Waals surface area (Å²) in [6.07, 6.45) is 0. The number of nitrogens with zero attached hydrogens (tertiary/aromatic N) is 2. The van der Waals surface area contributed by atoms with Gasteiger partial charge in [-0.1, -0.05) is 224 Å². The molecule has 0 radical (unpaired) electrons. The lowest BCUT2D eigenvalue weighted by molar-refractivity contribution is 1.25. The van der Waals surface area contributed by atoms with Gasteiger partial charge in [-0.2, -0.15) is 0 Å². The lowest BCUT2D eigenvalue weighted by Crippen LogP contribution is -2.14. The molecule has 0 aliphatic heterocycles. The van der Waals surface area contributed by atoms with E-state index in [-0.39, 0.29) is 0 Å². The van der Waals surface area contributed by atoms with E-state index in [1.54, 1.807) is 0 Å². The smallest absolute Gasteiger partial charge is 0.0540 e. The van der Waals surface area contributed by atoms with Crippen LogP contribution in [0.5, 0.6) is 0 Å². The summed E-state index contributed by atoms with van der Waals surface area (Å²) in [5.41, 5.74) is 18.0. The molecule has 0 spiro atoms. The van der Waals surface area contributed by atoms with Gasteiger partial charge < -0.3 is 9.80 Å². The lowest BCUT2D eigenvalue weighted by Gasteiger charge is -2.32. The van der Waals surface area contributed by atoms with E-state index in [9.17, 15) is 0 Å². The van der Waals surface area contributed by atoms with Gasteiger partial charge in [-0.3, -0.25) is 0 Å². The predicted molar refractivity (Wildman–Crippen MR) is 298 cm³/mol. The van der Waals surface area contributed by atoms with Crippen LogP contribution in [-0.2, 0) is 0 Å². The highest BCUT2D eigenvalue weighted by molar-refractivity contribution is 6.14. The number of hydrogen-bond donors (Lipinski definition) is 0. The summed E-state index contributed by atoms with van der Waals surface area (Å²) in [4.78, 5) is 4.86. The van der Waals surface area contributed by atoms with E-state index in [0.717, 1.165) is 50.8 Å². The van der Waals surface area contributed by atoms with Crippen molar-refractivity contribution in [2.24, 2.45) is 0 Å². The molecule has 2 nitrogen and oxygen atoms in total. The van der Waals surface area contributed by atoms with Gasteiger partial charge in [0.15, 0.2) is 0 Å². The first-order chi connectivity index (χ1) is 34.7. The minimum absolute atomic E-state index is 1.03. The molecule has 330 valence electrons. The summed E-state index contributed by atoms with van der Waals surface area (Å²) in [5.74, 6) is 0. The maximum absolute atomic E-state index is 2.45. The van der Waals surface area contributed by atoms with Gasteiger partial charge in [0.2, 0.25) is 0 Å². The van der Waals surface area contributed by atoms with Crippen molar-refractivity contribution in [3.63, 3.8) is 0 Å². The van der Waals surface area contributed by atoms with Gasteiger partial charge in [0.05, 0.1) is 5.69 Å². The molecule has 0 aromatic heterocycles. The number of hydrogen-bond acceptors (Lipinski definition) is 2. The molecule has 0 aliphatic rings. The molecule has 0 amide bonds. The number of fused-ring (bicyclic) bond motifs is 3. The van der Waals surface area contributed by atoms with E-state index >= 15 is 0 Å². The molecule has 70 heavy (non-hydrogen) atoms. The SMILES string of the molecule is c1ccc(-c2ccc(N(c3ccc(-c4ccccc4)cc3)c3cc(-c4cc5ccccc5c5ccccc45)cc(N(c4ccc(-c5ccccc5)cc4)c4ccccc4-c4ccccc4)c3)cc2)cc1. The Morgan fingerprint density at radius 3 is 1.07 bits per heavy atom. The second-order valence-corrected chi connectivity index (χ2v) is 17.7. The lowest BCUT2D eigenvalue weighted by atomic mass is 9.92. The normalized spacial score (nSPS) is 11.1. The molecular weight excluding hydrogens is 845 g/mol. The minimum atomic E-state index is 1.03.